The first-order valence-electron chi connectivity index (χ1n) is 10.3. The topological polar surface area (TPSA) is 93.0 Å². The molecule has 0 radical (unpaired) electrons. The van der Waals surface area contributed by atoms with Crippen LogP contribution in [0.5, 0.6) is 0 Å². The zero-order chi connectivity index (χ0) is 22.4. The minimum absolute atomic E-state index is 0.0478. The van der Waals surface area contributed by atoms with E-state index in [1.165, 1.54) is 23.8 Å². The van der Waals surface area contributed by atoms with E-state index in [1.54, 1.807) is 23.9 Å². The third-order valence-corrected chi connectivity index (χ3v) is 5.55. The molecule has 0 saturated carbocycles. The molecule has 2 aromatic rings. The van der Waals surface area contributed by atoms with Crippen molar-refractivity contribution in [2.24, 2.45) is 5.92 Å². The predicted octanol–water partition coefficient (Wildman–Crippen LogP) is 3.30. The van der Waals surface area contributed by atoms with Crippen LogP contribution in [-0.2, 0) is 16.0 Å². The molecule has 1 heterocycles. The molecule has 1 aliphatic rings. The maximum absolute atomic E-state index is 12.5. The zero-order valence-electron chi connectivity index (χ0n) is 17.8. The number of nitro benzene ring substituents is 1. The van der Waals surface area contributed by atoms with Crippen LogP contribution in [0.3, 0.4) is 0 Å². The van der Waals surface area contributed by atoms with E-state index in [2.05, 4.69) is 12.1 Å². The molecule has 164 valence electrons. The average molecular weight is 425 g/mol. The fourth-order valence-corrected chi connectivity index (χ4v) is 3.81. The van der Waals surface area contributed by atoms with Gasteiger partial charge in [-0.15, -0.1) is 0 Å². The second kappa shape index (κ2) is 10.1. The Labute approximate surface area is 181 Å². The molecule has 1 saturated heterocycles. The molecule has 0 aromatic heterocycles. The van der Waals surface area contributed by atoms with Gasteiger partial charge in [-0.3, -0.25) is 14.9 Å². The Morgan fingerprint density at radius 1 is 1.13 bits per heavy atom. The summed E-state index contributed by atoms with van der Waals surface area (Å²) in [7, 11) is 3.37. The van der Waals surface area contributed by atoms with E-state index in [4.69, 9.17) is 4.74 Å². The van der Waals surface area contributed by atoms with Crippen molar-refractivity contribution in [1.29, 1.82) is 0 Å². The molecule has 3 rings (SSSR count). The fraction of sp³-hybridized carbons (Fsp3) is 0.391. The van der Waals surface area contributed by atoms with Gasteiger partial charge in [-0.1, -0.05) is 30.3 Å². The smallest absolute Gasteiger partial charge is 0.338 e. The van der Waals surface area contributed by atoms with E-state index in [0.717, 1.165) is 19.3 Å². The lowest BCUT2D eigenvalue weighted by molar-refractivity contribution is -0.384. The van der Waals surface area contributed by atoms with Crippen molar-refractivity contribution >= 4 is 23.3 Å². The third-order valence-electron chi connectivity index (χ3n) is 5.55. The van der Waals surface area contributed by atoms with Crippen LogP contribution < -0.4 is 4.90 Å². The van der Waals surface area contributed by atoms with Crippen LogP contribution in [0.2, 0.25) is 0 Å². The first-order chi connectivity index (χ1) is 14.8. The Balaban J connectivity index is 1.50. The van der Waals surface area contributed by atoms with Crippen molar-refractivity contribution in [3.63, 3.8) is 0 Å². The molecule has 0 N–H and O–H groups in total. The van der Waals surface area contributed by atoms with E-state index in [9.17, 15) is 19.7 Å². The summed E-state index contributed by atoms with van der Waals surface area (Å²) < 4.78 is 5.13. The lowest BCUT2D eigenvalue weighted by Crippen LogP contribution is -2.41. The summed E-state index contributed by atoms with van der Waals surface area (Å²) in [4.78, 5) is 38.8. The van der Waals surface area contributed by atoms with Gasteiger partial charge in [0.15, 0.2) is 6.61 Å². The van der Waals surface area contributed by atoms with Gasteiger partial charge in [0.2, 0.25) is 0 Å². The molecule has 0 unspecified atom stereocenters. The molecule has 0 spiro atoms. The number of carbonyl (C=O) groups excluding carboxylic acids is 2. The van der Waals surface area contributed by atoms with Crippen molar-refractivity contribution < 1.29 is 19.2 Å². The van der Waals surface area contributed by atoms with Gasteiger partial charge in [-0.2, -0.15) is 0 Å². The maximum Gasteiger partial charge on any atom is 0.338 e. The lowest BCUT2D eigenvalue weighted by Gasteiger charge is -2.32. The second-order valence-electron chi connectivity index (χ2n) is 7.95. The molecule has 8 nitrogen and oxygen atoms in total. The Morgan fingerprint density at radius 3 is 2.42 bits per heavy atom. The standard InChI is InChI=1S/C23H27N3O5/c1-24(2)20-9-8-19(15-21(20)26(29)30)23(28)31-16-22(27)25-12-10-18(11-13-25)14-17-6-4-3-5-7-17/h3-9,15,18H,10-14,16H2,1-2H3. The number of nitro groups is 1. The molecule has 1 fully saturated rings. The maximum atomic E-state index is 12.5. The van der Waals surface area contributed by atoms with Crippen LogP contribution in [0.1, 0.15) is 28.8 Å². The van der Waals surface area contributed by atoms with Crippen molar-refractivity contribution in [3.05, 3.63) is 69.8 Å². The molecule has 1 amide bonds. The Bertz CT molecular complexity index is 937. The van der Waals surface area contributed by atoms with E-state index in [0.29, 0.717) is 24.7 Å². The first kappa shape index (κ1) is 22.3. The summed E-state index contributed by atoms with van der Waals surface area (Å²) in [6.45, 7) is 0.902. The van der Waals surface area contributed by atoms with Crippen LogP contribution in [0.4, 0.5) is 11.4 Å². The largest absolute Gasteiger partial charge is 0.452 e. The highest BCUT2D eigenvalue weighted by Gasteiger charge is 2.25. The van der Waals surface area contributed by atoms with Crippen LogP contribution in [-0.4, -0.2) is 55.5 Å². The van der Waals surface area contributed by atoms with E-state index in [-0.39, 0.29) is 23.8 Å². The summed E-state index contributed by atoms with van der Waals surface area (Å²) in [6.07, 6.45) is 2.82. The van der Waals surface area contributed by atoms with Crippen molar-refractivity contribution in [3.8, 4) is 0 Å². The number of esters is 1. The van der Waals surface area contributed by atoms with Gasteiger partial charge in [0.25, 0.3) is 11.6 Å². The summed E-state index contributed by atoms with van der Waals surface area (Å²) in [5.41, 5.74) is 1.55. The van der Waals surface area contributed by atoms with Crippen molar-refractivity contribution in [2.75, 3.05) is 38.7 Å². The van der Waals surface area contributed by atoms with Gasteiger partial charge in [-0.05, 0) is 42.9 Å². The summed E-state index contributed by atoms with van der Waals surface area (Å²) >= 11 is 0. The van der Waals surface area contributed by atoms with Crippen molar-refractivity contribution in [1.82, 2.24) is 4.90 Å². The number of hydrogen-bond acceptors (Lipinski definition) is 6. The Kier molecular flexibility index (Phi) is 7.23. The van der Waals surface area contributed by atoms with E-state index < -0.39 is 10.9 Å². The van der Waals surface area contributed by atoms with Gasteiger partial charge in [0.05, 0.1) is 10.5 Å². The van der Waals surface area contributed by atoms with Gasteiger partial charge in [0.1, 0.15) is 5.69 Å². The first-order valence-corrected chi connectivity index (χ1v) is 10.3. The van der Waals surface area contributed by atoms with Gasteiger partial charge in [-0.25, -0.2) is 4.79 Å². The molecular weight excluding hydrogens is 398 g/mol. The molecule has 1 aliphatic heterocycles. The number of likely N-dealkylation sites (tertiary alicyclic amines) is 1. The number of anilines is 1. The molecular formula is C23H27N3O5. The number of hydrogen-bond donors (Lipinski definition) is 0. The Morgan fingerprint density at radius 2 is 1.81 bits per heavy atom. The zero-order valence-corrected chi connectivity index (χ0v) is 17.8. The van der Waals surface area contributed by atoms with Crippen LogP contribution in [0, 0.1) is 16.0 Å². The number of nitrogens with zero attached hydrogens (tertiary/aromatic N) is 3. The van der Waals surface area contributed by atoms with Gasteiger partial charge in [0, 0.05) is 33.3 Å². The number of rotatable bonds is 7. The predicted molar refractivity (Wildman–Crippen MR) is 117 cm³/mol. The van der Waals surface area contributed by atoms with E-state index >= 15 is 0 Å². The molecule has 0 atom stereocenters. The quantitative estimate of drug-likeness (QED) is 0.384. The third kappa shape index (κ3) is 5.81. The van der Waals surface area contributed by atoms with Crippen molar-refractivity contribution in [2.45, 2.75) is 19.3 Å². The minimum Gasteiger partial charge on any atom is -0.452 e. The monoisotopic (exact) mass is 425 g/mol. The molecule has 31 heavy (non-hydrogen) atoms. The molecule has 0 aliphatic carbocycles. The minimum atomic E-state index is -0.749. The van der Waals surface area contributed by atoms with Crippen LogP contribution in [0.25, 0.3) is 0 Å². The molecule has 0 bridgehead atoms. The number of carbonyl (C=O) groups is 2. The summed E-state index contributed by atoms with van der Waals surface area (Å²) in [5.74, 6) is -0.462. The van der Waals surface area contributed by atoms with Gasteiger partial charge < -0.3 is 14.5 Å². The average Bonchev–Trinajstić information content (AvgIpc) is 2.78. The highest BCUT2D eigenvalue weighted by atomic mass is 16.6. The Hall–Kier alpha value is -3.42. The van der Waals surface area contributed by atoms with Crippen LogP contribution >= 0.6 is 0 Å². The van der Waals surface area contributed by atoms with E-state index in [1.807, 2.05) is 18.2 Å². The highest BCUT2D eigenvalue weighted by Crippen LogP contribution is 2.28. The highest BCUT2D eigenvalue weighted by molar-refractivity contribution is 5.93. The molecule has 2 aromatic carbocycles. The number of piperidine rings is 1. The second-order valence-corrected chi connectivity index (χ2v) is 7.95. The normalized spacial score (nSPS) is 14.2. The SMILES string of the molecule is CN(C)c1ccc(C(=O)OCC(=O)N2CCC(Cc3ccccc3)CC2)cc1[N+](=O)[O-]. The molecule has 8 heteroatoms. The summed E-state index contributed by atoms with van der Waals surface area (Å²) in [5, 5.41) is 11.3. The number of amides is 1. The fourth-order valence-electron chi connectivity index (χ4n) is 3.81. The number of ether oxygens (including phenoxy) is 1. The lowest BCUT2D eigenvalue weighted by atomic mass is 9.90. The summed E-state index contributed by atoms with van der Waals surface area (Å²) in [6, 6.07) is 14.4. The number of benzene rings is 2. The van der Waals surface area contributed by atoms with Gasteiger partial charge >= 0.3 is 5.97 Å². The van der Waals surface area contributed by atoms with Crippen LogP contribution in [0.15, 0.2) is 48.5 Å².